The molecule has 0 spiro atoms. The Hall–Kier alpha value is -2.89. The molecule has 22 heavy (non-hydrogen) atoms. The lowest BCUT2D eigenvalue weighted by Gasteiger charge is -2.12. The first-order chi connectivity index (χ1) is 10.6. The number of nitrogens with zero attached hydrogens (tertiary/aromatic N) is 1. The molecule has 6 nitrogen and oxygen atoms in total. The summed E-state index contributed by atoms with van der Waals surface area (Å²) in [5.74, 6) is 2.72. The lowest BCUT2D eigenvalue weighted by molar-refractivity contribution is 0.174. The van der Waals surface area contributed by atoms with Gasteiger partial charge in [-0.25, -0.2) is 4.79 Å². The fourth-order valence-electron chi connectivity index (χ4n) is 1.92. The highest BCUT2D eigenvalue weighted by Gasteiger charge is 2.14. The van der Waals surface area contributed by atoms with Crippen molar-refractivity contribution in [1.29, 1.82) is 0 Å². The van der Waals surface area contributed by atoms with E-state index in [1.165, 1.54) is 4.90 Å². The van der Waals surface area contributed by atoms with Crippen LogP contribution in [0.5, 0.6) is 23.0 Å². The van der Waals surface area contributed by atoms with Gasteiger partial charge in [0, 0.05) is 25.8 Å². The van der Waals surface area contributed by atoms with E-state index in [2.05, 4.69) is 5.32 Å². The summed E-state index contributed by atoms with van der Waals surface area (Å²) in [7, 11) is 3.37. The van der Waals surface area contributed by atoms with Gasteiger partial charge in [0.15, 0.2) is 11.5 Å². The van der Waals surface area contributed by atoms with Crippen molar-refractivity contribution in [2.45, 2.75) is 0 Å². The number of carbonyl (C=O) groups excluding carboxylic acids is 1. The second-order valence-corrected chi connectivity index (χ2v) is 4.97. The van der Waals surface area contributed by atoms with Crippen molar-refractivity contribution in [1.82, 2.24) is 4.90 Å². The van der Waals surface area contributed by atoms with Gasteiger partial charge >= 0.3 is 6.03 Å². The summed E-state index contributed by atoms with van der Waals surface area (Å²) >= 11 is 0. The molecule has 0 atom stereocenters. The molecule has 0 radical (unpaired) electrons. The van der Waals surface area contributed by atoms with Crippen LogP contribution in [0.3, 0.4) is 0 Å². The minimum absolute atomic E-state index is 0.176. The van der Waals surface area contributed by atoms with Crippen LogP contribution in [0, 0.1) is 0 Å². The maximum absolute atomic E-state index is 11.6. The third kappa shape index (κ3) is 3.06. The average Bonchev–Trinajstić information content (AvgIpc) is 2.96. The Morgan fingerprint density at radius 3 is 2.45 bits per heavy atom. The molecule has 3 rings (SSSR count). The van der Waals surface area contributed by atoms with Gasteiger partial charge in [-0.15, -0.1) is 0 Å². The molecule has 0 unspecified atom stereocenters. The molecule has 1 heterocycles. The van der Waals surface area contributed by atoms with Crippen molar-refractivity contribution in [3.8, 4) is 23.0 Å². The summed E-state index contributed by atoms with van der Waals surface area (Å²) in [6.07, 6.45) is 0. The minimum Gasteiger partial charge on any atom is -0.457 e. The average molecular weight is 300 g/mol. The van der Waals surface area contributed by atoms with Crippen LogP contribution >= 0.6 is 0 Å². The Morgan fingerprint density at radius 1 is 1.05 bits per heavy atom. The lowest BCUT2D eigenvalue weighted by atomic mass is 10.3. The van der Waals surface area contributed by atoms with Crippen molar-refractivity contribution in [2.75, 3.05) is 26.2 Å². The van der Waals surface area contributed by atoms with E-state index in [9.17, 15) is 4.79 Å². The van der Waals surface area contributed by atoms with Crippen molar-refractivity contribution >= 4 is 11.7 Å². The summed E-state index contributed by atoms with van der Waals surface area (Å²) < 4.78 is 16.3. The Balaban J connectivity index is 1.67. The van der Waals surface area contributed by atoms with Crippen LogP contribution in [0.25, 0.3) is 0 Å². The monoisotopic (exact) mass is 300 g/mol. The molecule has 2 amide bonds. The lowest BCUT2D eigenvalue weighted by Crippen LogP contribution is -2.27. The number of fused-ring (bicyclic) bond motifs is 1. The number of nitrogens with one attached hydrogen (secondary N) is 1. The first-order valence-electron chi connectivity index (χ1n) is 6.78. The van der Waals surface area contributed by atoms with Gasteiger partial charge in [-0.05, 0) is 36.4 Å². The first kappa shape index (κ1) is 14.1. The van der Waals surface area contributed by atoms with Crippen LogP contribution in [0.2, 0.25) is 0 Å². The van der Waals surface area contributed by atoms with E-state index in [4.69, 9.17) is 14.2 Å². The van der Waals surface area contributed by atoms with Crippen molar-refractivity contribution < 1.29 is 19.0 Å². The minimum atomic E-state index is -0.176. The van der Waals surface area contributed by atoms with Gasteiger partial charge in [0.05, 0.1) is 0 Å². The molecule has 0 saturated carbocycles. The number of ether oxygens (including phenoxy) is 3. The molecule has 0 fully saturated rings. The molecule has 1 N–H and O–H groups in total. The molecule has 1 aliphatic rings. The zero-order chi connectivity index (χ0) is 15.5. The van der Waals surface area contributed by atoms with E-state index in [1.54, 1.807) is 44.4 Å². The summed E-state index contributed by atoms with van der Waals surface area (Å²) in [6.45, 7) is 0.235. The van der Waals surface area contributed by atoms with E-state index in [0.717, 1.165) is 0 Å². The number of carbonyl (C=O) groups is 1. The summed E-state index contributed by atoms with van der Waals surface area (Å²) in [5.41, 5.74) is 0.705. The van der Waals surface area contributed by atoms with Crippen molar-refractivity contribution in [2.24, 2.45) is 0 Å². The highest BCUT2D eigenvalue weighted by Crippen LogP contribution is 2.36. The number of anilines is 1. The molecular weight excluding hydrogens is 284 g/mol. The summed E-state index contributed by atoms with van der Waals surface area (Å²) in [5, 5.41) is 2.76. The van der Waals surface area contributed by atoms with Crippen LogP contribution in [-0.2, 0) is 0 Å². The molecule has 2 aromatic carbocycles. The van der Waals surface area contributed by atoms with E-state index >= 15 is 0 Å². The molecule has 114 valence electrons. The highest BCUT2D eigenvalue weighted by molar-refractivity contribution is 5.88. The van der Waals surface area contributed by atoms with E-state index in [-0.39, 0.29) is 12.8 Å². The van der Waals surface area contributed by atoms with Gasteiger partial charge in [-0.1, -0.05) is 0 Å². The van der Waals surface area contributed by atoms with E-state index < -0.39 is 0 Å². The molecule has 6 heteroatoms. The van der Waals surface area contributed by atoms with Gasteiger partial charge in [-0.3, -0.25) is 0 Å². The maximum Gasteiger partial charge on any atom is 0.321 e. The van der Waals surface area contributed by atoms with Crippen LogP contribution < -0.4 is 19.5 Å². The zero-order valence-electron chi connectivity index (χ0n) is 12.3. The maximum atomic E-state index is 11.6. The highest BCUT2D eigenvalue weighted by atomic mass is 16.7. The second-order valence-electron chi connectivity index (χ2n) is 4.97. The Bertz CT molecular complexity index is 683. The molecule has 0 aromatic heterocycles. The van der Waals surface area contributed by atoms with Gasteiger partial charge in [0.1, 0.15) is 11.5 Å². The third-order valence-electron chi connectivity index (χ3n) is 3.09. The molecular formula is C16H16N2O4. The quantitative estimate of drug-likeness (QED) is 0.945. The van der Waals surface area contributed by atoms with Crippen LogP contribution in [-0.4, -0.2) is 31.8 Å². The standard InChI is InChI=1S/C16H16N2O4/c1-18(2)16(19)17-11-3-5-12(6-4-11)22-13-7-8-14-15(9-13)21-10-20-14/h3-9H,10H2,1-2H3,(H,17,19). The largest absolute Gasteiger partial charge is 0.457 e. The second kappa shape index (κ2) is 5.85. The Kier molecular flexibility index (Phi) is 3.74. The fraction of sp³-hybridized carbons (Fsp3) is 0.188. The van der Waals surface area contributed by atoms with Crippen molar-refractivity contribution in [3.63, 3.8) is 0 Å². The smallest absolute Gasteiger partial charge is 0.321 e. The molecule has 0 saturated heterocycles. The van der Waals surface area contributed by atoms with Gasteiger partial charge in [0.2, 0.25) is 6.79 Å². The number of rotatable bonds is 3. The molecule has 0 bridgehead atoms. The summed E-state index contributed by atoms with van der Waals surface area (Å²) in [6, 6.07) is 12.4. The summed E-state index contributed by atoms with van der Waals surface area (Å²) in [4.78, 5) is 13.0. The van der Waals surface area contributed by atoms with Gasteiger partial charge < -0.3 is 24.4 Å². The van der Waals surface area contributed by atoms with Gasteiger partial charge in [-0.2, -0.15) is 0 Å². The molecule has 2 aromatic rings. The first-order valence-corrected chi connectivity index (χ1v) is 6.78. The molecule has 0 aliphatic carbocycles. The van der Waals surface area contributed by atoms with Crippen LogP contribution in [0.4, 0.5) is 10.5 Å². The SMILES string of the molecule is CN(C)C(=O)Nc1ccc(Oc2ccc3c(c2)OCO3)cc1. The number of hydrogen-bond donors (Lipinski definition) is 1. The van der Waals surface area contributed by atoms with Crippen LogP contribution in [0.1, 0.15) is 0 Å². The number of amides is 2. The predicted molar refractivity (Wildman–Crippen MR) is 81.8 cm³/mol. The number of benzene rings is 2. The third-order valence-corrected chi connectivity index (χ3v) is 3.09. The Labute approximate surface area is 128 Å². The van der Waals surface area contributed by atoms with E-state index in [1.807, 2.05) is 12.1 Å². The number of hydrogen-bond acceptors (Lipinski definition) is 4. The predicted octanol–water partition coefficient (Wildman–Crippen LogP) is 3.30. The van der Waals surface area contributed by atoms with Crippen molar-refractivity contribution in [3.05, 3.63) is 42.5 Å². The zero-order valence-corrected chi connectivity index (χ0v) is 12.3. The normalized spacial score (nSPS) is 11.9. The molecule has 1 aliphatic heterocycles. The Morgan fingerprint density at radius 2 is 1.73 bits per heavy atom. The van der Waals surface area contributed by atoms with E-state index in [0.29, 0.717) is 28.7 Å². The van der Waals surface area contributed by atoms with Crippen LogP contribution in [0.15, 0.2) is 42.5 Å². The topological polar surface area (TPSA) is 60.0 Å². The fourth-order valence-corrected chi connectivity index (χ4v) is 1.92. The number of urea groups is 1. The van der Waals surface area contributed by atoms with Gasteiger partial charge in [0.25, 0.3) is 0 Å².